The molecule has 1 aliphatic rings. The molecule has 0 spiro atoms. The number of carbonyl (C=O) groups is 1. The smallest absolute Gasteiger partial charge is 0.314 e. The van der Waals surface area contributed by atoms with Gasteiger partial charge in [0, 0.05) is 12.1 Å². The average molecular weight is 391 g/mol. The van der Waals surface area contributed by atoms with Crippen molar-refractivity contribution in [1.82, 2.24) is 19.5 Å². The molecular weight excluding hydrogens is 370 g/mol. The molecule has 0 aliphatic heterocycles. The number of nitrogens with two attached hydrogens (primary N) is 1. The molecule has 1 aliphatic carbocycles. The summed E-state index contributed by atoms with van der Waals surface area (Å²) < 4.78 is 12.7. The minimum atomic E-state index is -0.214. The fourth-order valence-corrected chi connectivity index (χ4v) is 3.72. The minimum Gasteiger partial charge on any atom is -0.497 e. The van der Waals surface area contributed by atoms with Crippen LogP contribution in [0.3, 0.4) is 0 Å². The van der Waals surface area contributed by atoms with E-state index in [2.05, 4.69) is 20.9 Å². The van der Waals surface area contributed by atoms with E-state index in [4.69, 9.17) is 21.6 Å². The molecule has 0 atom stereocenters. The molecule has 0 radical (unpaired) electrons. The molecule has 0 saturated heterocycles. The molecule has 1 fully saturated rings. The number of ether oxygens (including phenoxy) is 2. The van der Waals surface area contributed by atoms with Crippen LogP contribution in [0.5, 0.6) is 11.5 Å². The van der Waals surface area contributed by atoms with Crippen LogP contribution >= 0.6 is 0 Å². The van der Waals surface area contributed by atoms with Crippen LogP contribution in [0.1, 0.15) is 37.5 Å². The number of nitrogens with zero attached hydrogens (tertiary/aromatic N) is 4. The third-order valence-electron chi connectivity index (χ3n) is 5.26. The van der Waals surface area contributed by atoms with Crippen molar-refractivity contribution in [3.8, 4) is 23.8 Å². The van der Waals surface area contributed by atoms with E-state index in [1.807, 2.05) is 4.57 Å². The van der Waals surface area contributed by atoms with Crippen molar-refractivity contribution in [3.63, 3.8) is 0 Å². The van der Waals surface area contributed by atoms with E-state index in [-0.39, 0.29) is 29.6 Å². The van der Waals surface area contributed by atoms with Gasteiger partial charge in [-0.15, -0.1) is 6.42 Å². The Morgan fingerprint density at radius 2 is 2.00 bits per heavy atom. The van der Waals surface area contributed by atoms with Crippen molar-refractivity contribution in [3.05, 3.63) is 36.4 Å². The summed E-state index contributed by atoms with van der Waals surface area (Å²) in [7, 11) is 1.58. The first-order chi connectivity index (χ1) is 14.1. The first-order valence-corrected chi connectivity index (χ1v) is 9.41. The fraction of sp³-hybridized carbons (Fsp3) is 0.333. The second-order valence-corrected chi connectivity index (χ2v) is 7.01. The molecular formula is C21H21N5O3. The number of anilines is 1. The number of fused-ring (bicyclic) bond motifs is 1. The minimum absolute atomic E-state index is 0.145. The predicted molar refractivity (Wildman–Crippen MR) is 107 cm³/mol. The van der Waals surface area contributed by atoms with Crippen LogP contribution in [-0.4, -0.2) is 32.6 Å². The number of aromatic nitrogens is 4. The van der Waals surface area contributed by atoms with Crippen molar-refractivity contribution in [2.45, 2.75) is 31.7 Å². The Morgan fingerprint density at radius 1 is 1.24 bits per heavy atom. The molecule has 8 heteroatoms. The number of nitrogen functional groups attached to an aromatic ring is 1. The number of hydrogen-bond donors (Lipinski definition) is 1. The van der Waals surface area contributed by atoms with Gasteiger partial charge in [-0.05, 0) is 43.7 Å². The van der Waals surface area contributed by atoms with Gasteiger partial charge >= 0.3 is 5.97 Å². The maximum Gasteiger partial charge on any atom is 0.314 e. The average Bonchev–Trinajstić information content (AvgIpc) is 3.18. The van der Waals surface area contributed by atoms with Gasteiger partial charge in [0.15, 0.2) is 11.5 Å². The van der Waals surface area contributed by atoms with Crippen molar-refractivity contribution in [2.75, 3.05) is 12.8 Å². The molecule has 148 valence electrons. The first kappa shape index (κ1) is 18.7. The van der Waals surface area contributed by atoms with E-state index in [0.717, 1.165) is 25.7 Å². The number of rotatable bonds is 4. The van der Waals surface area contributed by atoms with Gasteiger partial charge in [-0.3, -0.25) is 4.79 Å². The lowest BCUT2D eigenvalue weighted by atomic mass is 9.86. The number of methoxy groups -OCH3 is 1. The van der Waals surface area contributed by atoms with Gasteiger partial charge in [0.25, 0.3) is 0 Å². The lowest BCUT2D eigenvalue weighted by Crippen LogP contribution is -2.26. The second-order valence-electron chi connectivity index (χ2n) is 7.01. The number of benzene rings is 1. The van der Waals surface area contributed by atoms with Gasteiger partial charge < -0.3 is 19.8 Å². The molecule has 1 saturated carbocycles. The summed E-state index contributed by atoms with van der Waals surface area (Å²) in [6.07, 6.45) is 10.2. The Labute approximate surface area is 168 Å². The largest absolute Gasteiger partial charge is 0.497 e. The van der Waals surface area contributed by atoms with Crippen molar-refractivity contribution in [2.24, 2.45) is 5.92 Å². The quantitative estimate of drug-likeness (QED) is 0.414. The highest BCUT2D eigenvalue weighted by Gasteiger charge is 2.29. The summed E-state index contributed by atoms with van der Waals surface area (Å²) in [6.45, 7) is 0. The Morgan fingerprint density at radius 3 is 2.72 bits per heavy atom. The summed E-state index contributed by atoms with van der Waals surface area (Å²) in [5.41, 5.74) is 7.12. The Kier molecular flexibility index (Phi) is 5.04. The lowest BCUT2D eigenvalue weighted by Gasteiger charge is -2.28. The summed E-state index contributed by atoms with van der Waals surface area (Å²) in [5.74, 6) is 3.72. The van der Waals surface area contributed by atoms with Gasteiger partial charge in [-0.25, -0.2) is 15.0 Å². The maximum absolute atomic E-state index is 12.6. The lowest BCUT2D eigenvalue weighted by molar-refractivity contribution is -0.140. The molecule has 29 heavy (non-hydrogen) atoms. The van der Waals surface area contributed by atoms with Gasteiger partial charge in [0.1, 0.15) is 17.0 Å². The number of imidazole rings is 1. The van der Waals surface area contributed by atoms with Crippen LogP contribution in [0.25, 0.3) is 11.2 Å². The van der Waals surface area contributed by atoms with Gasteiger partial charge in [0.05, 0.1) is 19.4 Å². The van der Waals surface area contributed by atoms with Crippen LogP contribution in [0.4, 0.5) is 5.82 Å². The maximum atomic E-state index is 12.6. The van der Waals surface area contributed by atoms with Crippen molar-refractivity contribution >= 4 is 23.0 Å². The molecule has 1 aromatic carbocycles. The molecule has 8 nitrogen and oxygen atoms in total. The summed E-state index contributed by atoms with van der Waals surface area (Å²) in [6, 6.07) is 7.21. The monoisotopic (exact) mass is 391 g/mol. The Hall–Kier alpha value is -3.60. The molecule has 0 bridgehead atoms. The highest BCUT2D eigenvalue weighted by atomic mass is 16.5. The standard InChI is InChI=1S/C21H21N5O3/c1-3-17-24-19(22)18-20(25-17)26(12-23-18)14-9-7-13(8-10-14)21(27)29-16-6-4-5-15(11-16)28-2/h1,4-6,11-14H,7-10H2,2H3,(H2,22,24,25). The van der Waals surface area contributed by atoms with E-state index in [0.29, 0.717) is 22.7 Å². The molecule has 2 heterocycles. The summed E-state index contributed by atoms with van der Waals surface area (Å²) in [4.78, 5) is 25.3. The third kappa shape index (κ3) is 3.72. The molecule has 0 amide bonds. The molecule has 4 rings (SSSR count). The van der Waals surface area contributed by atoms with Crippen LogP contribution in [0.2, 0.25) is 0 Å². The number of terminal acetylenes is 1. The predicted octanol–water partition coefficient (Wildman–Crippen LogP) is 2.74. The van der Waals surface area contributed by atoms with E-state index in [1.165, 1.54) is 0 Å². The summed E-state index contributed by atoms with van der Waals surface area (Å²) >= 11 is 0. The zero-order chi connectivity index (χ0) is 20.4. The highest BCUT2D eigenvalue weighted by molar-refractivity contribution is 5.82. The Bertz CT molecular complexity index is 1090. The molecule has 2 N–H and O–H groups in total. The van der Waals surface area contributed by atoms with Crippen molar-refractivity contribution < 1.29 is 14.3 Å². The molecule has 2 aromatic heterocycles. The fourth-order valence-electron chi connectivity index (χ4n) is 3.72. The topological polar surface area (TPSA) is 105 Å². The second kappa shape index (κ2) is 7.80. The zero-order valence-corrected chi connectivity index (χ0v) is 16.0. The normalized spacial score (nSPS) is 18.9. The summed E-state index contributed by atoms with van der Waals surface area (Å²) in [5, 5.41) is 0. The van der Waals surface area contributed by atoms with E-state index >= 15 is 0 Å². The molecule has 0 unspecified atom stereocenters. The number of hydrogen-bond acceptors (Lipinski definition) is 7. The van der Waals surface area contributed by atoms with E-state index in [1.54, 1.807) is 37.7 Å². The van der Waals surface area contributed by atoms with E-state index in [9.17, 15) is 4.79 Å². The van der Waals surface area contributed by atoms with E-state index < -0.39 is 0 Å². The zero-order valence-electron chi connectivity index (χ0n) is 16.0. The Balaban J connectivity index is 1.44. The van der Waals surface area contributed by atoms with Crippen LogP contribution in [0.15, 0.2) is 30.6 Å². The first-order valence-electron chi connectivity index (χ1n) is 9.41. The van der Waals surface area contributed by atoms with Gasteiger partial charge in [-0.1, -0.05) is 6.07 Å². The third-order valence-corrected chi connectivity index (χ3v) is 5.26. The molecule has 3 aromatic rings. The van der Waals surface area contributed by atoms with Crippen LogP contribution in [0, 0.1) is 18.3 Å². The van der Waals surface area contributed by atoms with Crippen LogP contribution in [-0.2, 0) is 4.79 Å². The van der Waals surface area contributed by atoms with Crippen molar-refractivity contribution in [1.29, 1.82) is 0 Å². The SMILES string of the molecule is C#Cc1nc(N)c2ncn(C3CCC(C(=O)Oc4cccc(OC)c4)CC3)c2n1. The number of esters is 1. The van der Waals surface area contributed by atoms with Crippen LogP contribution < -0.4 is 15.2 Å². The van der Waals surface area contributed by atoms with Gasteiger partial charge in [0.2, 0.25) is 5.82 Å². The number of carbonyl (C=O) groups excluding carboxylic acids is 1. The van der Waals surface area contributed by atoms with Gasteiger partial charge in [-0.2, -0.15) is 0 Å². The highest BCUT2D eigenvalue weighted by Crippen LogP contribution is 2.35.